The highest BCUT2D eigenvalue weighted by atomic mass is 16.1. The van der Waals surface area contributed by atoms with E-state index in [0.717, 1.165) is 32.5 Å². The van der Waals surface area contributed by atoms with Crippen molar-refractivity contribution in [2.75, 3.05) is 19.6 Å². The van der Waals surface area contributed by atoms with Gasteiger partial charge in [-0.2, -0.15) is 0 Å². The summed E-state index contributed by atoms with van der Waals surface area (Å²) in [4.78, 5) is 11.5. The molecule has 1 saturated heterocycles. The van der Waals surface area contributed by atoms with Crippen LogP contribution in [-0.4, -0.2) is 25.5 Å². The molecular weight excluding hydrogens is 164 g/mol. The highest BCUT2D eigenvalue weighted by Gasteiger charge is 2.24. The van der Waals surface area contributed by atoms with Gasteiger partial charge in [0.2, 0.25) is 5.91 Å². The molecule has 3 heteroatoms. The van der Waals surface area contributed by atoms with Crippen LogP contribution in [0.15, 0.2) is 0 Å². The van der Waals surface area contributed by atoms with Gasteiger partial charge in [0.15, 0.2) is 0 Å². The summed E-state index contributed by atoms with van der Waals surface area (Å²) in [6, 6.07) is 0. The van der Waals surface area contributed by atoms with Crippen LogP contribution >= 0.6 is 0 Å². The van der Waals surface area contributed by atoms with Gasteiger partial charge >= 0.3 is 0 Å². The highest BCUT2D eigenvalue weighted by molar-refractivity contribution is 5.78. The van der Waals surface area contributed by atoms with Gasteiger partial charge in [-0.15, -0.1) is 0 Å². The summed E-state index contributed by atoms with van der Waals surface area (Å²) in [7, 11) is 0. The summed E-state index contributed by atoms with van der Waals surface area (Å²) in [5, 5.41) is 6.19. The number of carbonyl (C=O) groups excluding carboxylic acids is 1. The Hall–Kier alpha value is -0.570. The first-order valence-corrected chi connectivity index (χ1v) is 5.24. The number of hydrogen-bond donors (Lipinski definition) is 2. The number of amides is 1. The second-order valence-corrected chi connectivity index (χ2v) is 3.77. The Balaban J connectivity index is 2.35. The zero-order chi connectivity index (χ0) is 9.68. The number of piperidine rings is 1. The topological polar surface area (TPSA) is 41.1 Å². The van der Waals surface area contributed by atoms with Gasteiger partial charge in [0.25, 0.3) is 0 Å². The Morgan fingerprint density at radius 3 is 2.69 bits per heavy atom. The molecule has 1 aliphatic heterocycles. The lowest BCUT2D eigenvalue weighted by Gasteiger charge is -2.27. The second kappa shape index (κ2) is 5.22. The smallest absolute Gasteiger partial charge is 0.223 e. The quantitative estimate of drug-likeness (QED) is 0.680. The normalized spacial score (nSPS) is 21.1. The molecule has 2 N–H and O–H groups in total. The van der Waals surface area contributed by atoms with Crippen LogP contribution in [-0.2, 0) is 4.79 Å². The first kappa shape index (κ1) is 10.5. The molecule has 1 aliphatic rings. The maximum absolute atomic E-state index is 11.5. The number of nitrogens with one attached hydrogen (secondary N) is 2. The standard InChI is InChI=1S/C10H20N2O/c1-3-12-10(13)8(2)9-4-6-11-7-5-9/h8-9,11H,3-7H2,1-2H3,(H,12,13). The molecule has 0 bridgehead atoms. The summed E-state index contributed by atoms with van der Waals surface area (Å²) >= 11 is 0. The molecule has 1 fully saturated rings. The van der Waals surface area contributed by atoms with Crippen LogP contribution in [0.3, 0.4) is 0 Å². The van der Waals surface area contributed by atoms with Crippen LogP contribution in [0, 0.1) is 11.8 Å². The molecule has 0 spiro atoms. The van der Waals surface area contributed by atoms with E-state index < -0.39 is 0 Å². The number of hydrogen-bond acceptors (Lipinski definition) is 2. The van der Waals surface area contributed by atoms with Crippen molar-refractivity contribution in [3.8, 4) is 0 Å². The van der Waals surface area contributed by atoms with Crippen molar-refractivity contribution in [3.05, 3.63) is 0 Å². The van der Waals surface area contributed by atoms with Gasteiger partial charge in [-0.3, -0.25) is 4.79 Å². The molecule has 0 aliphatic carbocycles. The molecule has 1 atom stereocenters. The van der Waals surface area contributed by atoms with Gasteiger partial charge in [0.05, 0.1) is 0 Å². The molecule has 0 aromatic heterocycles. The maximum Gasteiger partial charge on any atom is 0.223 e. The van der Waals surface area contributed by atoms with Crippen LogP contribution in [0.4, 0.5) is 0 Å². The van der Waals surface area contributed by atoms with E-state index in [1.807, 2.05) is 13.8 Å². The zero-order valence-corrected chi connectivity index (χ0v) is 8.60. The second-order valence-electron chi connectivity index (χ2n) is 3.77. The van der Waals surface area contributed by atoms with E-state index in [1.54, 1.807) is 0 Å². The van der Waals surface area contributed by atoms with Crippen molar-refractivity contribution in [1.29, 1.82) is 0 Å². The summed E-state index contributed by atoms with van der Waals surface area (Å²) in [5.74, 6) is 0.976. The Morgan fingerprint density at radius 2 is 2.15 bits per heavy atom. The molecule has 3 nitrogen and oxygen atoms in total. The van der Waals surface area contributed by atoms with Crippen molar-refractivity contribution in [2.24, 2.45) is 11.8 Å². The van der Waals surface area contributed by atoms with Crippen LogP contribution in [0.2, 0.25) is 0 Å². The van der Waals surface area contributed by atoms with Crippen LogP contribution < -0.4 is 10.6 Å². The summed E-state index contributed by atoms with van der Waals surface area (Å²) in [5.41, 5.74) is 0. The minimum absolute atomic E-state index is 0.182. The molecule has 0 radical (unpaired) electrons. The Kier molecular flexibility index (Phi) is 4.22. The van der Waals surface area contributed by atoms with Gasteiger partial charge in [0.1, 0.15) is 0 Å². The van der Waals surface area contributed by atoms with E-state index in [2.05, 4.69) is 10.6 Å². The van der Waals surface area contributed by atoms with Gasteiger partial charge in [-0.25, -0.2) is 0 Å². The fourth-order valence-electron chi connectivity index (χ4n) is 1.89. The van der Waals surface area contributed by atoms with E-state index in [-0.39, 0.29) is 11.8 Å². The van der Waals surface area contributed by atoms with E-state index in [1.165, 1.54) is 0 Å². The fourth-order valence-corrected chi connectivity index (χ4v) is 1.89. The van der Waals surface area contributed by atoms with Crippen molar-refractivity contribution in [1.82, 2.24) is 10.6 Å². The largest absolute Gasteiger partial charge is 0.356 e. The molecule has 0 aromatic carbocycles. The third kappa shape index (κ3) is 2.99. The molecule has 13 heavy (non-hydrogen) atoms. The van der Waals surface area contributed by atoms with Crippen LogP contribution in [0.25, 0.3) is 0 Å². The first-order valence-electron chi connectivity index (χ1n) is 5.24. The predicted octanol–water partition coefficient (Wildman–Crippen LogP) is 0.758. The lowest BCUT2D eigenvalue weighted by atomic mass is 9.85. The lowest BCUT2D eigenvalue weighted by Crippen LogP contribution is -2.38. The molecule has 1 unspecified atom stereocenters. The minimum Gasteiger partial charge on any atom is -0.356 e. The molecular formula is C10H20N2O. The Labute approximate surface area is 80.3 Å². The Bertz CT molecular complexity index is 164. The monoisotopic (exact) mass is 184 g/mol. The predicted molar refractivity (Wildman–Crippen MR) is 53.4 cm³/mol. The van der Waals surface area contributed by atoms with Gasteiger partial charge < -0.3 is 10.6 Å². The molecule has 0 saturated carbocycles. The SMILES string of the molecule is CCNC(=O)C(C)C1CCNCC1. The number of rotatable bonds is 3. The zero-order valence-electron chi connectivity index (χ0n) is 8.60. The van der Waals surface area contributed by atoms with E-state index >= 15 is 0 Å². The summed E-state index contributed by atoms with van der Waals surface area (Å²) in [6.07, 6.45) is 2.27. The molecule has 0 aromatic rings. The molecule has 1 amide bonds. The molecule has 1 heterocycles. The van der Waals surface area contributed by atoms with E-state index in [0.29, 0.717) is 5.92 Å². The minimum atomic E-state index is 0.182. The average molecular weight is 184 g/mol. The van der Waals surface area contributed by atoms with Crippen molar-refractivity contribution in [2.45, 2.75) is 26.7 Å². The lowest BCUT2D eigenvalue weighted by molar-refractivity contribution is -0.126. The number of carbonyl (C=O) groups is 1. The fraction of sp³-hybridized carbons (Fsp3) is 0.900. The molecule has 76 valence electrons. The average Bonchev–Trinajstić information content (AvgIpc) is 2.18. The van der Waals surface area contributed by atoms with Crippen molar-refractivity contribution < 1.29 is 4.79 Å². The van der Waals surface area contributed by atoms with Crippen LogP contribution in [0.5, 0.6) is 0 Å². The van der Waals surface area contributed by atoms with Gasteiger partial charge in [-0.05, 0) is 38.8 Å². The summed E-state index contributed by atoms with van der Waals surface area (Å²) < 4.78 is 0. The van der Waals surface area contributed by atoms with E-state index in [4.69, 9.17) is 0 Å². The van der Waals surface area contributed by atoms with Gasteiger partial charge in [-0.1, -0.05) is 6.92 Å². The van der Waals surface area contributed by atoms with Crippen molar-refractivity contribution in [3.63, 3.8) is 0 Å². The van der Waals surface area contributed by atoms with Gasteiger partial charge in [0, 0.05) is 12.5 Å². The third-order valence-electron chi connectivity index (χ3n) is 2.86. The maximum atomic E-state index is 11.5. The summed E-state index contributed by atoms with van der Waals surface area (Å²) in [6.45, 7) is 6.88. The Morgan fingerprint density at radius 1 is 1.54 bits per heavy atom. The molecule has 1 rings (SSSR count). The van der Waals surface area contributed by atoms with Crippen LogP contribution in [0.1, 0.15) is 26.7 Å². The third-order valence-corrected chi connectivity index (χ3v) is 2.86. The first-order chi connectivity index (χ1) is 6.25. The highest BCUT2D eigenvalue weighted by Crippen LogP contribution is 2.21. The van der Waals surface area contributed by atoms with Crippen molar-refractivity contribution >= 4 is 5.91 Å². The van der Waals surface area contributed by atoms with E-state index in [9.17, 15) is 4.79 Å².